The maximum absolute atomic E-state index is 9.65. The quantitative estimate of drug-likeness (QED) is 0.784. The molecule has 2 rings (SSSR count). The molecule has 0 fully saturated rings. The summed E-state index contributed by atoms with van der Waals surface area (Å²) in [6, 6.07) is 6.07. The molecule has 2 N–H and O–H groups in total. The lowest BCUT2D eigenvalue weighted by Crippen LogP contribution is -2.32. The molecule has 0 aliphatic carbocycles. The maximum Gasteiger partial charge on any atom is 0.137 e. The van der Waals surface area contributed by atoms with E-state index in [2.05, 4.69) is 34.0 Å². The second-order valence-electron chi connectivity index (χ2n) is 5.53. The number of fused-ring (bicyclic) bond motifs is 1. The van der Waals surface area contributed by atoms with Crippen molar-refractivity contribution < 1.29 is 5.11 Å². The molecule has 0 amide bonds. The molecule has 0 saturated heterocycles. The van der Waals surface area contributed by atoms with Crippen LogP contribution in [0.1, 0.15) is 25.8 Å². The van der Waals surface area contributed by atoms with E-state index in [1.807, 2.05) is 25.1 Å². The Balaban J connectivity index is 2.13. The third kappa shape index (κ3) is 3.93. The van der Waals surface area contributed by atoms with Crippen molar-refractivity contribution in [1.82, 2.24) is 14.9 Å². The van der Waals surface area contributed by atoms with Gasteiger partial charge in [0.15, 0.2) is 0 Å². The van der Waals surface area contributed by atoms with Crippen molar-refractivity contribution in [1.29, 1.82) is 0 Å². The topological polar surface area (TPSA) is 61.3 Å². The summed E-state index contributed by atoms with van der Waals surface area (Å²) in [6.45, 7) is 9.49. The molecule has 0 bridgehead atoms. The van der Waals surface area contributed by atoms with Crippen LogP contribution in [-0.2, 0) is 0 Å². The van der Waals surface area contributed by atoms with Crippen molar-refractivity contribution >= 4 is 16.7 Å². The molecule has 1 heterocycles. The molecule has 0 unspecified atom stereocenters. The number of nitrogens with one attached hydrogen (secondary N) is 1. The van der Waals surface area contributed by atoms with E-state index in [0.717, 1.165) is 48.3 Å². The van der Waals surface area contributed by atoms with Crippen LogP contribution in [0.2, 0.25) is 0 Å². The van der Waals surface area contributed by atoms with Crippen molar-refractivity contribution in [3.63, 3.8) is 0 Å². The number of anilines is 1. The van der Waals surface area contributed by atoms with Gasteiger partial charge in [0.05, 0.1) is 18.2 Å². The number of aliphatic hydroxyl groups excluding tert-OH is 1. The van der Waals surface area contributed by atoms with E-state index in [1.54, 1.807) is 6.33 Å². The number of para-hydroxylation sites is 1. The number of aliphatic hydroxyl groups is 1. The molecule has 5 nitrogen and oxygen atoms in total. The second-order valence-corrected chi connectivity index (χ2v) is 5.53. The fourth-order valence-corrected chi connectivity index (χ4v) is 2.63. The summed E-state index contributed by atoms with van der Waals surface area (Å²) in [4.78, 5) is 11.1. The summed E-state index contributed by atoms with van der Waals surface area (Å²) < 4.78 is 0. The Morgan fingerprint density at radius 3 is 2.68 bits per heavy atom. The number of hydrogen-bond acceptors (Lipinski definition) is 5. The SMILES string of the molecule is CCN(CC)CC[C@@H](CO)Nc1ncnc2c(C)cccc12. The number of nitrogens with zero attached hydrogens (tertiary/aromatic N) is 3. The minimum absolute atomic E-state index is 0.000729. The zero-order chi connectivity index (χ0) is 15.9. The Hall–Kier alpha value is -1.72. The van der Waals surface area contributed by atoms with Gasteiger partial charge in [-0.1, -0.05) is 26.0 Å². The van der Waals surface area contributed by atoms with Crippen LogP contribution >= 0.6 is 0 Å². The second kappa shape index (κ2) is 8.06. The molecule has 0 radical (unpaired) electrons. The van der Waals surface area contributed by atoms with E-state index in [4.69, 9.17) is 0 Å². The predicted octanol–water partition coefficient (Wildman–Crippen LogP) is 2.44. The molecule has 120 valence electrons. The number of hydrogen-bond donors (Lipinski definition) is 2. The Morgan fingerprint density at radius 1 is 1.23 bits per heavy atom. The van der Waals surface area contributed by atoms with E-state index in [9.17, 15) is 5.11 Å². The fraction of sp³-hybridized carbons (Fsp3) is 0.529. The lowest BCUT2D eigenvalue weighted by atomic mass is 10.1. The van der Waals surface area contributed by atoms with Gasteiger partial charge in [0, 0.05) is 11.9 Å². The van der Waals surface area contributed by atoms with E-state index < -0.39 is 0 Å². The Morgan fingerprint density at radius 2 is 2.00 bits per heavy atom. The smallest absolute Gasteiger partial charge is 0.137 e. The van der Waals surface area contributed by atoms with Crippen molar-refractivity contribution in [3.8, 4) is 0 Å². The molecular formula is C17H26N4O. The standard InChI is InChI=1S/C17H26N4O/c1-4-21(5-2)10-9-14(11-22)20-17-15-8-6-7-13(3)16(15)18-12-19-17/h6-8,12,14,22H,4-5,9-11H2,1-3H3,(H,18,19,20)/t14-/m0/s1. The van der Waals surface area contributed by atoms with Gasteiger partial charge in [-0.05, 0) is 38.1 Å². The Labute approximate surface area is 132 Å². The molecule has 0 spiro atoms. The molecule has 0 saturated carbocycles. The molecule has 5 heteroatoms. The maximum atomic E-state index is 9.65. The minimum atomic E-state index is -0.000729. The third-order valence-corrected chi connectivity index (χ3v) is 4.12. The first-order valence-electron chi connectivity index (χ1n) is 7.99. The first-order valence-corrected chi connectivity index (χ1v) is 7.99. The molecule has 22 heavy (non-hydrogen) atoms. The molecule has 0 aliphatic rings. The summed E-state index contributed by atoms with van der Waals surface area (Å²) in [5.74, 6) is 0.798. The summed E-state index contributed by atoms with van der Waals surface area (Å²) in [6.07, 6.45) is 2.46. The van der Waals surface area contributed by atoms with Gasteiger partial charge in [0.1, 0.15) is 12.1 Å². The number of aryl methyl sites for hydroxylation is 1. The van der Waals surface area contributed by atoms with Gasteiger partial charge >= 0.3 is 0 Å². The zero-order valence-corrected chi connectivity index (χ0v) is 13.7. The highest BCUT2D eigenvalue weighted by atomic mass is 16.3. The molecule has 1 aromatic heterocycles. The van der Waals surface area contributed by atoms with Crippen LogP contribution in [0, 0.1) is 6.92 Å². The lowest BCUT2D eigenvalue weighted by molar-refractivity contribution is 0.240. The average molecular weight is 302 g/mol. The van der Waals surface area contributed by atoms with Gasteiger partial charge in [-0.2, -0.15) is 0 Å². The van der Waals surface area contributed by atoms with E-state index in [1.165, 1.54) is 0 Å². The third-order valence-electron chi connectivity index (χ3n) is 4.12. The first kappa shape index (κ1) is 16.6. The first-order chi connectivity index (χ1) is 10.7. The monoisotopic (exact) mass is 302 g/mol. The van der Waals surface area contributed by atoms with Crippen LogP contribution in [0.4, 0.5) is 5.82 Å². The molecule has 1 atom stereocenters. The summed E-state index contributed by atoms with van der Waals surface area (Å²) in [7, 11) is 0. The number of aromatic nitrogens is 2. The van der Waals surface area contributed by atoms with Crippen LogP contribution in [-0.4, -0.2) is 52.3 Å². The molecule has 1 aromatic carbocycles. The van der Waals surface area contributed by atoms with Gasteiger partial charge in [-0.3, -0.25) is 0 Å². The summed E-state index contributed by atoms with van der Waals surface area (Å²) in [5.41, 5.74) is 2.09. The van der Waals surface area contributed by atoms with Crippen LogP contribution < -0.4 is 5.32 Å². The highest BCUT2D eigenvalue weighted by Crippen LogP contribution is 2.22. The van der Waals surface area contributed by atoms with Crippen LogP contribution in [0.15, 0.2) is 24.5 Å². The Kier molecular flexibility index (Phi) is 6.10. The summed E-state index contributed by atoms with van der Waals surface area (Å²) in [5, 5.41) is 14.0. The van der Waals surface area contributed by atoms with Crippen molar-refractivity contribution in [2.45, 2.75) is 33.2 Å². The van der Waals surface area contributed by atoms with Crippen molar-refractivity contribution in [3.05, 3.63) is 30.1 Å². The van der Waals surface area contributed by atoms with Crippen molar-refractivity contribution in [2.75, 3.05) is 31.6 Å². The lowest BCUT2D eigenvalue weighted by Gasteiger charge is -2.23. The van der Waals surface area contributed by atoms with Gasteiger partial charge in [0.2, 0.25) is 0 Å². The number of rotatable bonds is 8. The highest BCUT2D eigenvalue weighted by molar-refractivity contribution is 5.90. The minimum Gasteiger partial charge on any atom is -0.394 e. The molecule has 0 aliphatic heterocycles. The molecule has 2 aromatic rings. The van der Waals surface area contributed by atoms with Crippen LogP contribution in [0.25, 0.3) is 10.9 Å². The van der Waals surface area contributed by atoms with E-state index in [0.29, 0.717) is 0 Å². The van der Waals surface area contributed by atoms with Crippen molar-refractivity contribution in [2.24, 2.45) is 0 Å². The van der Waals surface area contributed by atoms with Crippen LogP contribution in [0.5, 0.6) is 0 Å². The Bertz CT molecular complexity index is 598. The normalized spacial score (nSPS) is 12.8. The van der Waals surface area contributed by atoms with E-state index in [-0.39, 0.29) is 12.6 Å². The van der Waals surface area contributed by atoms with Crippen LogP contribution in [0.3, 0.4) is 0 Å². The van der Waals surface area contributed by atoms with Gasteiger partial charge in [0.25, 0.3) is 0 Å². The summed E-state index contributed by atoms with van der Waals surface area (Å²) >= 11 is 0. The fourth-order valence-electron chi connectivity index (χ4n) is 2.63. The largest absolute Gasteiger partial charge is 0.394 e. The van der Waals surface area contributed by atoms with Gasteiger partial charge < -0.3 is 15.3 Å². The molecular weight excluding hydrogens is 276 g/mol. The zero-order valence-electron chi connectivity index (χ0n) is 13.7. The van der Waals surface area contributed by atoms with Gasteiger partial charge in [-0.25, -0.2) is 9.97 Å². The van der Waals surface area contributed by atoms with E-state index >= 15 is 0 Å². The highest BCUT2D eigenvalue weighted by Gasteiger charge is 2.12. The number of benzene rings is 1. The predicted molar refractivity (Wildman–Crippen MR) is 91.2 cm³/mol. The van der Waals surface area contributed by atoms with Gasteiger partial charge in [-0.15, -0.1) is 0 Å². The average Bonchev–Trinajstić information content (AvgIpc) is 2.55.